The van der Waals surface area contributed by atoms with Gasteiger partial charge in [-0.25, -0.2) is 8.78 Å². The van der Waals surface area contributed by atoms with Crippen molar-refractivity contribution in [1.29, 1.82) is 0 Å². The molecule has 2 rings (SSSR count). The van der Waals surface area contributed by atoms with E-state index in [9.17, 15) is 8.78 Å². The minimum Gasteiger partial charge on any atom is -0.380 e. The molecule has 1 saturated carbocycles. The lowest BCUT2D eigenvalue weighted by Crippen LogP contribution is -2.34. The van der Waals surface area contributed by atoms with Crippen LogP contribution in [0, 0.1) is 17.6 Å². The maximum Gasteiger partial charge on any atom is 0.149 e. The lowest BCUT2D eigenvalue weighted by molar-refractivity contribution is 0.308. The summed E-state index contributed by atoms with van der Waals surface area (Å²) in [5.41, 5.74) is 0.406. The molecule has 1 nitrogen and oxygen atoms in total. The molecule has 0 heterocycles. The van der Waals surface area contributed by atoms with Crippen LogP contribution >= 0.6 is 0 Å². The van der Waals surface area contributed by atoms with E-state index >= 15 is 0 Å². The second kappa shape index (κ2) is 3.56. The first-order valence-electron chi connectivity index (χ1n) is 4.87. The Balaban J connectivity index is 2.02. The van der Waals surface area contributed by atoms with Crippen molar-refractivity contribution in [2.24, 2.45) is 5.92 Å². The quantitative estimate of drug-likeness (QED) is 0.767. The zero-order valence-electron chi connectivity index (χ0n) is 8.06. The van der Waals surface area contributed by atoms with Crippen LogP contribution in [0.25, 0.3) is 0 Å². The van der Waals surface area contributed by atoms with Crippen LogP contribution < -0.4 is 5.32 Å². The van der Waals surface area contributed by atoms with Crippen molar-refractivity contribution in [3.63, 3.8) is 0 Å². The van der Waals surface area contributed by atoms with Crippen LogP contribution in [0.3, 0.4) is 0 Å². The Morgan fingerprint density at radius 3 is 2.57 bits per heavy atom. The molecular weight excluding hydrogens is 184 g/mol. The molecule has 1 fully saturated rings. The molecular formula is C11H13F2N. The molecule has 0 bridgehead atoms. The first-order chi connectivity index (χ1) is 6.65. The summed E-state index contributed by atoms with van der Waals surface area (Å²) in [6.45, 7) is 2.17. The topological polar surface area (TPSA) is 12.0 Å². The second-order valence-electron chi connectivity index (χ2n) is 4.04. The molecule has 0 amide bonds. The Labute approximate surface area is 82.1 Å². The summed E-state index contributed by atoms with van der Waals surface area (Å²) >= 11 is 0. The Morgan fingerprint density at radius 2 is 2.00 bits per heavy atom. The molecule has 1 aliphatic rings. The molecule has 14 heavy (non-hydrogen) atoms. The molecule has 0 spiro atoms. The van der Waals surface area contributed by atoms with Crippen molar-refractivity contribution < 1.29 is 8.78 Å². The summed E-state index contributed by atoms with van der Waals surface area (Å²) in [5, 5.41) is 3.06. The maximum absolute atomic E-state index is 13.2. The SMILES string of the molecule is CC1CC(Nc2ccc(F)cc2F)C1. The van der Waals surface area contributed by atoms with E-state index in [1.165, 1.54) is 12.1 Å². The van der Waals surface area contributed by atoms with Gasteiger partial charge in [-0.1, -0.05) is 6.92 Å². The third kappa shape index (κ3) is 1.86. The third-order valence-electron chi connectivity index (χ3n) is 2.66. The number of benzene rings is 1. The average Bonchev–Trinajstić information content (AvgIpc) is 2.06. The van der Waals surface area contributed by atoms with E-state index < -0.39 is 11.6 Å². The smallest absolute Gasteiger partial charge is 0.149 e. The fourth-order valence-electron chi connectivity index (χ4n) is 1.85. The van der Waals surface area contributed by atoms with Gasteiger partial charge >= 0.3 is 0 Å². The molecule has 0 atom stereocenters. The normalized spacial score (nSPS) is 25.6. The van der Waals surface area contributed by atoms with Crippen LogP contribution in [-0.4, -0.2) is 6.04 Å². The van der Waals surface area contributed by atoms with E-state index in [0.717, 1.165) is 24.8 Å². The van der Waals surface area contributed by atoms with Crippen molar-refractivity contribution in [2.75, 3.05) is 5.32 Å². The minimum absolute atomic E-state index is 0.352. The number of hydrogen-bond donors (Lipinski definition) is 1. The molecule has 1 aromatic carbocycles. The Hall–Kier alpha value is -1.12. The number of anilines is 1. The highest BCUT2D eigenvalue weighted by Gasteiger charge is 2.25. The van der Waals surface area contributed by atoms with Gasteiger partial charge in [-0.15, -0.1) is 0 Å². The molecule has 1 N–H and O–H groups in total. The van der Waals surface area contributed by atoms with Crippen LogP contribution in [0.5, 0.6) is 0 Å². The predicted molar refractivity (Wildman–Crippen MR) is 52.2 cm³/mol. The Morgan fingerprint density at radius 1 is 1.29 bits per heavy atom. The van der Waals surface area contributed by atoms with E-state index in [1.807, 2.05) is 0 Å². The standard InChI is InChI=1S/C11H13F2N/c1-7-4-9(5-7)14-11-3-2-8(12)6-10(11)13/h2-3,6-7,9,14H,4-5H2,1H3. The molecule has 1 aliphatic carbocycles. The summed E-state index contributed by atoms with van der Waals surface area (Å²) in [5.74, 6) is -0.324. The van der Waals surface area contributed by atoms with Crippen LogP contribution in [0.4, 0.5) is 14.5 Å². The monoisotopic (exact) mass is 197 g/mol. The van der Waals surface area contributed by atoms with Gasteiger partial charge in [0.15, 0.2) is 0 Å². The van der Waals surface area contributed by atoms with E-state index in [4.69, 9.17) is 0 Å². The Bertz CT molecular complexity index is 332. The van der Waals surface area contributed by atoms with Gasteiger partial charge in [-0.3, -0.25) is 0 Å². The number of rotatable bonds is 2. The number of nitrogens with one attached hydrogen (secondary N) is 1. The molecule has 0 saturated heterocycles. The van der Waals surface area contributed by atoms with Gasteiger partial charge in [0.05, 0.1) is 5.69 Å². The lowest BCUT2D eigenvalue weighted by atomic mass is 9.82. The molecule has 76 valence electrons. The van der Waals surface area contributed by atoms with Gasteiger partial charge in [0.2, 0.25) is 0 Å². The molecule has 0 aliphatic heterocycles. The zero-order chi connectivity index (χ0) is 10.1. The van der Waals surface area contributed by atoms with Crippen LogP contribution in [0.1, 0.15) is 19.8 Å². The van der Waals surface area contributed by atoms with Crippen molar-refractivity contribution in [1.82, 2.24) is 0 Å². The molecule has 3 heteroatoms. The minimum atomic E-state index is -0.532. The molecule has 0 radical (unpaired) electrons. The van der Waals surface area contributed by atoms with Crippen molar-refractivity contribution >= 4 is 5.69 Å². The molecule has 0 unspecified atom stereocenters. The highest BCUT2D eigenvalue weighted by molar-refractivity contribution is 5.45. The van der Waals surface area contributed by atoms with Crippen molar-refractivity contribution in [3.05, 3.63) is 29.8 Å². The van der Waals surface area contributed by atoms with Gasteiger partial charge in [0.25, 0.3) is 0 Å². The Kier molecular flexibility index (Phi) is 2.40. The van der Waals surface area contributed by atoms with Crippen LogP contribution in [0.15, 0.2) is 18.2 Å². The summed E-state index contributed by atoms with van der Waals surface area (Å²) in [4.78, 5) is 0. The highest BCUT2D eigenvalue weighted by atomic mass is 19.1. The van der Waals surface area contributed by atoms with Crippen LogP contribution in [-0.2, 0) is 0 Å². The van der Waals surface area contributed by atoms with Gasteiger partial charge in [-0.05, 0) is 30.9 Å². The van der Waals surface area contributed by atoms with Gasteiger partial charge in [0.1, 0.15) is 11.6 Å². The average molecular weight is 197 g/mol. The van der Waals surface area contributed by atoms with Gasteiger partial charge in [0, 0.05) is 12.1 Å². The fraction of sp³-hybridized carbons (Fsp3) is 0.455. The van der Waals surface area contributed by atoms with Crippen LogP contribution in [0.2, 0.25) is 0 Å². The van der Waals surface area contributed by atoms with Gasteiger partial charge < -0.3 is 5.32 Å². The zero-order valence-corrected chi connectivity index (χ0v) is 8.06. The van der Waals surface area contributed by atoms with Crippen molar-refractivity contribution in [2.45, 2.75) is 25.8 Å². The van der Waals surface area contributed by atoms with Crippen molar-refractivity contribution in [3.8, 4) is 0 Å². The van der Waals surface area contributed by atoms with E-state index in [1.54, 1.807) is 0 Å². The largest absolute Gasteiger partial charge is 0.380 e. The lowest BCUT2D eigenvalue weighted by Gasteiger charge is -2.34. The summed E-state index contributed by atoms with van der Waals surface area (Å²) in [6, 6.07) is 3.98. The maximum atomic E-state index is 13.2. The summed E-state index contributed by atoms with van der Waals surface area (Å²) in [7, 11) is 0. The van der Waals surface area contributed by atoms with Gasteiger partial charge in [-0.2, -0.15) is 0 Å². The summed E-state index contributed by atoms with van der Waals surface area (Å²) in [6.07, 6.45) is 2.13. The van der Waals surface area contributed by atoms with E-state index in [2.05, 4.69) is 12.2 Å². The first kappa shape index (κ1) is 9.44. The summed E-state index contributed by atoms with van der Waals surface area (Å²) < 4.78 is 25.7. The molecule has 0 aromatic heterocycles. The highest BCUT2D eigenvalue weighted by Crippen LogP contribution is 2.30. The van der Waals surface area contributed by atoms with E-state index in [-0.39, 0.29) is 0 Å². The predicted octanol–water partition coefficient (Wildman–Crippen LogP) is 3.18. The van der Waals surface area contributed by atoms with E-state index in [0.29, 0.717) is 11.7 Å². The third-order valence-corrected chi connectivity index (χ3v) is 2.66. The first-order valence-corrected chi connectivity index (χ1v) is 4.87. The number of halogens is 2. The molecule has 1 aromatic rings. The second-order valence-corrected chi connectivity index (χ2v) is 4.04. The fourth-order valence-corrected chi connectivity index (χ4v) is 1.85. The number of hydrogen-bond acceptors (Lipinski definition) is 1.